The van der Waals surface area contributed by atoms with Crippen molar-refractivity contribution in [3.05, 3.63) is 24.5 Å². The minimum atomic E-state index is 0.312. The van der Waals surface area contributed by atoms with Gasteiger partial charge in [0, 0.05) is 25.5 Å². The molecular weight excluding hydrogens is 138 g/mol. The molecule has 0 aliphatic heterocycles. The van der Waals surface area contributed by atoms with E-state index in [2.05, 4.69) is 23.9 Å². The predicted octanol–water partition coefficient (Wildman–Crippen LogP) is 1.91. The van der Waals surface area contributed by atoms with E-state index in [1.807, 2.05) is 19.1 Å². The molecule has 0 N–H and O–H groups in total. The Morgan fingerprint density at radius 2 is 2.00 bits per heavy atom. The van der Waals surface area contributed by atoms with E-state index < -0.39 is 0 Å². The molecule has 0 aliphatic carbocycles. The van der Waals surface area contributed by atoms with Gasteiger partial charge in [0.1, 0.15) is 0 Å². The second-order valence-electron chi connectivity index (χ2n) is 2.65. The molecule has 0 saturated carbocycles. The molecule has 0 aromatic carbocycles. The van der Waals surface area contributed by atoms with Crippen LogP contribution in [0.3, 0.4) is 0 Å². The molecule has 2 nitrogen and oxygen atoms in total. The van der Waals surface area contributed by atoms with Gasteiger partial charge >= 0.3 is 0 Å². The van der Waals surface area contributed by atoms with Gasteiger partial charge < -0.3 is 9.30 Å². The van der Waals surface area contributed by atoms with Gasteiger partial charge in [-0.3, -0.25) is 0 Å². The zero-order valence-corrected chi connectivity index (χ0v) is 7.16. The molecule has 0 saturated heterocycles. The maximum absolute atomic E-state index is 5.39. The van der Waals surface area contributed by atoms with E-state index in [1.54, 1.807) is 0 Å². The molecule has 0 aliphatic rings. The topological polar surface area (TPSA) is 14.2 Å². The molecule has 0 bridgehead atoms. The largest absolute Gasteiger partial charge is 0.377 e. The highest BCUT2D eigenvalue weighted by Gasteiger charge is 1.99. The number of hydrogen-bond donors (Lipinski definition) is 0. The first-order valence-corrected chi connectivity index (χ1v) is 4.05. The van der Waals surface area contributed by atoms with Crippen molar-refractivity contribution in [1.29, 1.82) is 0 Å². The second kappa shape index (κ2) is 4.19. The van der Waals surface area contributed by atoms with E-state index in [0.717, 1.165) is 13.2 Å². The monoisotopic (exact) mass is 153 g/mol. The molecule has 0 radical (unpaired) electrons. The van der Waals surface area contributed by atoms with Gasteiger partial charge in [0.25, 0.3) is 0 Å². The molecule has 1 aromatic heterocycles. The van der Waals surface area contributed by atoms with Crippen molar-refractivity contribution in [2.45, 2.75) is 26.5 Å². The number of nitrogens with zero attached hydrogens (tertiary/aromatic N) is 1. The Morgan fingerprint density at radius 3 is 2.55 bits per heavy atom. The van der Waals surface area contributed by atoms with Crippen molar-refractivity contribution >= 4 is 0 Å². The van der Waals surface area contributed by atoms with Crippen LogP contribution in [-0.2, 0) is 11.3 Å². The van der Waals surface area contributed by atoms with Crippen LogP contribution in [-0.4, -0.2) is 17.3 Å². The summed E-state index contributed by atoms with van der Waals surface area (Å²) in [5.74, 6) is 0. The van der Waals surface area contributed by atoms with Gasteiger partial charge in [-0.2, -0.15) is 0 Å². The van der Waals surface area contributed by atoms with Gasteiger partial charge in [-0.15, -0.1) is 0 Å². The van der Waals surface area contributed by atoms with Gasteiger partial charge in [-0.1, -0.05) is 0 Å². The van der Waals surface area contributed by atoms with Crippen molar-refractivity contribution < 1.29 is 4.74 Å². The Hall–Kier alpha value is -0.760. The highest BCUT2D eigenvalue weighted by Crippen LogP contribution is 1.97. The molecule has 0 amide bonds. The lowest BCUT2D eigenvalue weighted by molar-refractivity contribution is 0.0641. The third kappa shape index (κ3) is 2.76. The van der Waals surface area contributed by atoms with Gasteiger partial charge in [0.2, 0.25) is 0 Å². The maximum atomic E-state index is 5.39. The first-order valence-electron chi connectivity index (χ1n) is 4.05. The van der Waals surface area contributed by atoms with Crippen LogP contribution in [0, 0.1) is 0 Å². The first-order chi connectivity index (χ1) is 5.33. The smallest absolute Gasteiger partial charge is 0.0725 e. The second-order valence-corrected chi connectivity index (χ2v) is 2.65. The highest BCUT2D eigenvalue weighted by molar-refractivity contribution is 4.90. The average Bonchev–Trinajstić information content (AvgIpc) is 2.40. The van der Waals surface area contributed by atoms with Crippen LogP contribution >= 0.6 is 0 Å². The lowest BCUT2D eigenvalue weighted by atomic mass is 10.4. The molecule has 0 fully saturated rings. The number of aromatic nitrogens is 1. The van der Waals surface area contributed by atoms with Crippen molar-refractivity contribution in [3.63, 3.8) is 0 Å². The molecule has 2 heteroatoms. The quantitative estimate of drug-likeness (QED) is 0.644. The molecular formula is C9H15NO. The molecule has 1 aromatic rings. The normalized spacial score (nSPS) is 13.3. The highest BCUT2D eigenvalue weighted by atomic mass is 16.5. The van der Waals surface area contributed by atoms with E-state index in [1.165, 1.54) is 0 Å². The van der Waals surface area contributed by atoms with Crippen molar-refractivity contribution in [1.82, 2.24) is 4.57 Å². The lowest BCUT2D eigenvalue weighted by Gasteiger charge is -2.11. The van der Waals surface area contributed by atoms with Crippen LogP contribution in [0.2, 0.25) is 0 Å². The molecule has 1 rings (SSSR count). The third-order valence-corrected chi connectivity index (χ3v) is 1.59. The first kappa shape index (κ1) is 8.34. The van der Waals surface area contributed by atoms with Crippen LogP contribution in [0.25, 0.3) is 0 Å². The Morgan fingerprint density at radius 1 is 1.36 bits per heavy atom. The van der Waals surface area contributed by atoms with Crippen molar-refractivity contribution in [2.75, 3.05) is 6.61 Å². The van der Waals surface area contributed by atoms with E-state index in [-0.39, 0.29) is 0 Å². The van der Waals surface area contributed by atoms with E-state index in [0.29, 0.717) is 6.10 Å². The summed E-state index contributed by atoms with van der Waals surface area (Å²) < 4.78 is 7.52. The Labute approximate surface area is 67.8 Å². The van der Waals surface area contributed by atoms with E-state index in [4.69, 9.17) is 4.74 Å². The summed E-state index contributed by atoms with van der Waals surface area (Å²) in [6, 6.07) is 4.05. The summed E-state index contributed by atoms with van der Waals surface area (Å²) in [4.78, 5) is 0. The third-order valence-electron chi connectivity index (χ3n) is 1.59. The van der Waals surface area contributed by atoms with Crippen molar-refractivity contribution in [3.8, 4) is 0 Å². The summed E-state index contributed by atoms with van der Waals surface area (Å²) >= 11 is 0. The zero-order chi connectivity index (χ0) is 8.10. The van der Waals surface area contributed by atoms with Crippen LogP contribution in [0.4, 0.5) is 0 Å². The van der Waals surface area contributed by atoms with E-state index >= 15 is 0 Å². The summed E-state index contributed by atoms with van der Waals surface area (Å²) in [6.45, 7) is 5.85. The van der Waals surface area contributed by atoms with Crippen molar-refractivity contribution in [2.24, 2.45) is 0 Å². The summed E-state index contributed by atoms with van der Waals surface area (Å²) in [7, 11) is 0. The number of rotatable bonds is 4. The molecule has 1 atom stereocenters. The molecule has 1 unspecified atom stereocenters. The average molecular weight is 153 g/mol. The van der Waals surface area contributed by atoms with Crippen LogP contribution < -0.4 is 0 Å². The minimum Gasteiger partial charge on any atom is -0.377 e. The fourth-order valence-corrected chi connectivity index (χ4v) is 1.13. The van der Waals surface area contributed by atoms with E-state index in [9.17, 15) is 0 Å². The van der Waals surface area contributed by atoms with Crippen LogP contribution in [0.5, 0.6) is 0 Å². The Balaban J connectivity index is 2.31. The van der Waals surface area contributed by atoms with Gasteiger partial charge in [0.15, 0.2) is 0 Å². The molecule has 1 heterocycles. The Bertz CT molecular complexity index is 181. The molecule has 0 spiro atoms. The number of hydrogen-bond acceptors (Lipinski definition) is 1. The SMILES string of the molecule is CCOC(C)Cn1cccc1. The summed E-state index contributed by atoms with van der Waals surface area (Å²) in [5, 5.41) is 0. The summed E-state index contributed by atoms with van der Waals surface area (Å²) in [5.41, 5.74) is 0. The lowest BCUT2D eigenvalue weighted by Crippen LogP contribution is -2.15. The Kier molecular flexibility index (Phi) is 3.17. The maximum Gasteiger partial charge on any atom is 0.0725 e. The predicted molar refractivity (Wildman–Crippen MR) is 45.5 cm³/mol. The van der Waals surface area contributed by atoms with Crippen LogP contribution in [0.1, 0.15) is 13.8 Å². The fraction of sp³-hybridized carbons (Fsp3) is 0.556. The summed E-state index contributed by atoms with van der Waals surface area (Å²) in [6.07, 6.45) is 4.41. The molecule has 62 valence electrons. The van der Waals surface area contributed by atoms with Gasteiger partial charge in [-0.05, 0) is 26.0 Å². The zero-order valence-electron chi connectivity index (χ0n) is 7.16. The minimum absolute atomic E-state index is 0.312. The fourth-order valence-electron chi connectivity index (χ4n) is 1.13. The standard InChI is InChI=1S/C9H15NO/c1-3-11-9(2)8-10-6-4-5-7-10/h4-7,9H,3,8H2,1-2H3. The van der Waals surface area contributed by atoms with Gasteiger partial charge in [0.05, 0.1) is 6.10 Å². The van der Waals surface area contributed by atoms with Crippen LogP contribution in [0.15, 0.2) is 24.5 Å². The molecule has 11 heavy (non-hydrogen) atoms. The number of ether oxygens (including phenoxy) is 1. The van der Waals surface area contributed by atoms with Gasteiger partial charge in [-0.25, -0.2) is 0 Å².